The quantitative estimate of drug-likeness (QED) is 0.366. The van der Waals surface area contributed by atoms with Crippen LogP contribution in [0.3, 0.4) is 0 Å². The molecule has 1 aliphatic heterocycles. The van der Waals surface area contributed by atoms with Crippen LogP contribution >= 0.6 is 0 Å². The van der Waals surface area contributed by atoms with Crippen LogP contribution in [0.5, 0.6) is 0 Å². The van der Waals surface area contributed by atoms with Crippen LogP contribution in [0.1, 0.15) is 49.0 Å². The lowest BCUT2D eigenvalue weighted by atomic mass is 9.85. The minimum Gasteiger partial charge on any atom is -0.353 e. The number of hydrogen-bond donors (Lipinski definition) is 2. The van der Waals surface area contributed by atoms with Gasteiger partial charge < -0.3 is 10.6 Å². The molecule has 0 saturated carbocycles. The Morgan fingerprint density at radius 2 is 1.66 bits per heavy atom. The van der Waals surface area contributed by atoms with Crippen molar-refractivity contribution in [3.8, 4) is 0 Å². The Labute approximate surface area is 187 Å². The molecule has 1 saturated heterocycles. The summed E-state index contributed by atoms with van der Waals surface area (Å²) in [5.41, 5.74) is 0.647. The zero-order chi connectivity index (χ0) is 23.4. The van der Waals surface area contributed by atoms with Crippen LogP contribution in [0.15, 0.2) is 30.4 Å². The largest absolute Gasteiger partial charge is 0.353 e. The van der Waals surface area contributed by atoms with Crippen LogP contribution in [-0.2, 0) is 14.4 Å². The molecule has 7 nitrogen and oxygen atoms in total. The van der Waals surface area contributed by atoms with E-state index in [1.807, 2.05) is 26.0 Å². The maximum atomic E-state index is 13.6. The van der Waals surface area contributed by atoms with E-state index in [9.17, 15) is 23.6 Å². The molecule has 2 aliphatic rings. The molecule has 2 N–H and O–H groups in total. The first-order chi connectivity index (χ1) is 15.2. The number of benzene rings is 1. The molecule has 3 rings (SSSR count). The lowest BCUT2D eigenvalue weighted by Crippen LogP contribution is -2.51. The van der Waals surface area contributed by atoms with E-state index in [0.717, 1.165) is 4.90 Å². The lowest BCUT2D eigenvalue weighted by molar-refractivity contribution is -0.148. The highest BCUT2D eigenvalue weighted by Gasteiger charge is 2.51. The molecule has 1 aromatic carbocycles. The molecule has 4 amide bonds. The molecule has 172 valence electrons. The van der Waals surface area contributed by atoms with Gasteiger partial charge in [0.1, 0.15) is 11.9 Å². The number of rotatable bonds is 8. The van der Waals surface area contributed by atoms with Gasteiger partial charge in [-0.05, 0) is 49.8 Å². The summed E-state index contributed by atoms with van der Waals surface area (Å²) in [7, 11) is 0. The maximum absolute atomic E-state index is 13.6. The first-order valence-corrected chi connectivity index (χ1v) is 11.0. The van der Waals surface area contributed by atoms with Gasteiger partial charge in [0.05, 0.1) is 11.8 Å². The lowest BCUT2D eigenvalue weighted by Gasteiger charge is -2.27. The summed E-state index contributed by atoms with van der Waals surface area (Å²) in [4.78, 5) is 52.1. The van der Waals surface area contributed by atoms with Crippen molar-refractivity contribution in [3.05, 3.63) is 47.3 Å². The number of imide groups is 1. The van der Waals surface area contributed by atoms with Crippen molar-refractivity contribution in [1.29, 1.82) is 0 Å². The van der Waals surface area contributed by atoms with Crippen LogP contribution in [0.2, 0.25) is 0 Å². The van der Waals surface area contributed by atoms with Gasteiger partial charge >= 0.3 is 0 Å². The molecule has 0 spiro atoms. The van der Waals surface area contributed by atoms with Gasteiger partial charge in [-0.3, -0.25) is 24.1 Å². The molecule has 3 atom stereocenters. The van der Waals surface area contributed by atoms with E-state index in [1.54, 1.807) is 6.92 Å². The summed E-state index contributed by atoms with van der Waals surface area (Å²) >= 11 is 0. The first kappa shape index (κ1) is 23.6. The molecule has 0 bridgehead atoms. The number of likely N-dealkylation sites (tertiary alicyclic amines) is 1. The highest BCUT2D eigenvalue weighted by Crippen LogP contribution is 2.37. The van der Waals surface area contributed by atoms with Crippen LogP contribution in [0.25, 0.3) is 0 Å². The van der Waals surface area contributed by atoms with Crippen molar-refractivity contribution in [2.24, 2.45) is 17.8 Å². The van der Waals surface area contributed by atoms with Crippen molar-refractivity contribution in [2.75, 3.05) is 13.1 Å². The molecule has 1 heterocycles. The van der Waals surface area contributed by atoms with Crippen LogP contribution in [0.4, 0.5) is 4.39 Å². The Bertz CT molecular complexity index is 917. The normalized spacial score (nSPS) is 21.0. The number of nitrogens with zero attached hydrogens (tertiary/aromatic N) is 1. The molecule has 1 aromatic rings. The van der Waals surface area contributed by atoms with E-state index in [2.05, 4.69) is 10.6 Å². The Hall–Kier alpha value is -3.03. The number of aryl methyl sites for hydroxylation is 1. The summed E-state index contributed by atoms with van der Waals surface area (Å²) in [5.74, 6) is -2.55. The third kappa shape index (κ3) is 5.06. The van der Waals surface area contributed by atoms with E-state index in [1.165, 1.54) is 18.2 Å². The topological polar surface area (TPSA) is 95.6 Å². The summed E-state index contributed by atoms with van der Waals surface area (Å²) < 4.78 is 13.6. The highest BCUT2D eigenvalue weighted by atomic mass is 19.1. The van der Waals surface area contributed by atoms with E-state index >= 15 is 0 Å². The zero-order valence-corrected chi connectivity index (χ0v) is 18.7. The Balaban J connectivity index is 1.58. The Kier molecular flexibility index (Phi) is 7.43. The Morgan fingerprint density at radius 1 is 1.06 bits per heavy atom. The second kappa shape index (κ2) is 10.1. The number of halogens is 1. The van der Waals surface area contributed by atoms with Gasteiger partial charge in [0.2, 0.25) is 17.7 Å². The predicted octanol–water partition coefficient (Wildman–Crippen LogP) is 2.35. The number of hydrogen-bond acceptors (Lipinski definition) is 4. The third-order valence-electron chi connectivity index (χ3n) is 5.99. The molecular formula is C24H30FN3O4. The number of carbonyl (C=O) groups excluding carboxylic acids is 4. The fourth-order valence-electron chi connectivity index (χ4n) is 4.23. The van der Waals surface area contributed by atoms with Crippen molar-refractivity contribution in [2.45, 2.75) is 46.1 Å². The summed E-state index contributed by atoms with van der Waals surface area (Å²) in [6.07, 6.45) is 5.23. The van der Waals surface area contributed by atoms with E-state index in [4.69, 9.17) is 0 Å². The number of allylic oxidation sites excluding steroid dienone is 2. The average molecular weight is 444 g/mol. The molecule has 1 aliphatic carbocycles. The monoisotopic (exact) mass is 443 g/mol. The van der Waals surface area contributed by atoms with Gasteiger partial charge in [0, 0.05) is 18.7 Å². The second-order valence-corrected chi connectivity index (χ2v) is 8.86. The summed E-state index contributed by atoms with van der Waals surface area (Å²) in [5, 5.41) is 5.36. The summed E-state index contributed by atoms with van der Waals surface area (Å²) in [6.45, 7) is 5.73. The van der Waals surface area contributed by atoms with E-state index < -0.39 is 23.7 Å². The Morgan fingerprint density at radius 3 is 2.22 bits per heavy atom. The van der Waals surface area contributed by atoms with Crippen molar-refractivity contribution >= 4 is 23.6 Å². The fraction of sp³-hybridized carbons (Fsp3) is 0.500. The molecular weight excluding hydrogens is 413 g/mol. The number of nitrogens with one attached hydrogen (secondary N) is 2. The standard InChI is InChI=1S/C24H30FN3O4/c1-14(2)12-20(28-23(31)17-6-4-5-7-18(17)24(28)32)22(30)27-11-10-26-21(29)16-9-8-15(3)19(25)13-16/h4-5,8-9,13-14,17-18,20H,6-7,10-12H2,1-3H3,(H,26,29)(H,27,30). The molecule has 0 aromatic heterocycles. The fourth-order valence-corrected chi connectivity index (χ4v) is 4.23. The van der Waals surface area contributed by atoms with Crippen LogP contribution < -0.4 is 10.6 Å². The summed E-state index contributed by atoms with van der Waals surface area (Å²) in [6, 6.07) is 3.35. The van der Waals surface area contributed by atoms with Gasteiger partial charge in [-0.1, -0.05) is 32.1 Å². The molecule has 32 heavy (non-hydrogen) atoms. The highest BCUT2D eigenvalue weighted by molar-refractivity contribution is 6.08. The second-order valence-electron chi connectivity index (χ2n) is 8.86. The first-order valence-electron chi connectivity index (χ1n) is 11.0. The molecule has 1 fully saturated rings. The van der Waals surface area contributed by atoms with Gasteiger partial charge in [-0.2, -0.15) is 0 Å². The van der Waals surface area contributed by atoms with E-state index in [0.29, 0.717) is 24.8 Å². The van der Waals surface area contributed by atoms with E-state index in [-0.39, 0.29) is 48.2 Å². The molecule has 8 heteroatoms. The molecule has 0 radical (unpaired) electrons. The zero-order valence-electron chi connectivity index (χ0n) is 18.7. The smallest absolute Gasteiger partial charge is 0.251 e. The maximum Gasteiger partial charge on any atom is 0.251 e. The average Bonchev–Trinajstić information content (AvgIpc) is 3.01. The number of carbonyl (C=O) groups is 4. The van der Waals surface area contributed by atoms with Crippen molar-refractivity contribution < 1.29 is 23.6 Å². The SMILES string of the molecule is Cc1ccc(C(=O)NCCNC(=O)C(CC(C)C)N2C(=O)C3CC=CCC3C2=O)cc1F. The van der Waals surface area contributed by atoms with Crippen molar-refractivity contribution in [1.82, 2.24) is 15.5 Å². The number of fused-ring (bicyclic) bond motifs is 1. The van der Waals surface area contributed by atoms with Gasteiger partial charge in [-0.25, -0.2) is 4.39 Å². The minimum absolute atomic E-state index is 0.100. The molecule has 3 unspecified atom stereocenters. The van der Waals surface area contributed by atoms with Gasteiger partial charge in [0.25, 0.3) is 5.91 Å². The van der Waals surface area contributed by atoms with Crippen LogP contribution in [-0.4, -0.2) is 47.7 Å². The van der Waals surface area contributed by atoms with Gasteiger partial charge in [-0.15, -0.1) is 0 Å². The van der Waals surface area contributed by atoms with Crippen molar-refractivity contribution in [3.63, 3.8) is 0 Å². The predicted molar refractivity (Wildman–Crippen MR) is 117 cm³/mol. The third-order valence-corrected chi connectivity index (χ3v) is 5.99. The van der Waals surface area contributed by atoms with Crippen LogP contribution in [0, 0.1) is 30.5 Å². The number of amides is 4. The van der Waals surface area contributed by atoms with Gasteiger partial charge in [0.15, 0.2) is 0 Å². The minimum atomic E-state index is -0.873.